The molecule has 164 valence electrons. The Hall–Kier alpha value is -4.46. The Bertz CT molecular complexity index is 1350. The molecule has 2 aromatic heterocycles. The normalized spacial score (nSPS) is 12.9. The maximum atomic E-state index is 12.8. The van der Waals surface area contributed by atoms with E-state index in [1.165, 1.54) is 23.8 Å². The molecule has 0 saturated carbocycles. The lowest BCUT2D eigenvalue weighted by Gasteiger charge is -2.16. The fourth-order valence-electron chi connectivity index (χ4n) is 3.94. The van der Waals surface area contributed by atoms with E-state index in [-0.39, 0.29) is 11.6 Å². The molecule has 33 heavy (non-hydrogen) atoms. The third-order valence-corrected chi connectivity index (χ3v) is 5.69. The molecule has 0 bridgehead atoms. The van der Waals surface area contributed by atoms with Gasteiger partial charge in [-0.2, -0.15) is 5.10 Å². The van der Waals surface area contributed by atoms with Crippen molar-refractivity contribution in [1.29, 1.82) is 0 Å². The van der Waals surface area contributed by atoms with Gasteiger partial charge in [-0.1, -0.05) is 17.7 Å². The first-order chi connectivity index (χ1) is 16.0. The molecule has 2 aromatic carbocycles. The minimum absolute atomic E-state index is 0.0199. The molecule has 8 heteroatoms. The van der Waals surface area contributed by atoms with Crippen molar-refractivity contribution < 1.29 is 9.72 Å². The zero-order chi connectivity index (χ0) is 22.9. The van der Waals surface area contributed by atoms with Crippen LogP contribution in [0.4, 0.5) is 5.69 Å². The second-order valence-electron chi connectivity index (χ2n) is 7.96. The number of non-ortho nitro benzene ring substituents is 1. The van der Waals surface area contributed by atoms with Crippen LogP contribution in [-0.4, -0.2) is 30.1 Å². The smallest absolute Gasteiger partial charge is 0.269 e. The third kappa shape index (κ3) is 3.94. The van der Waals surface area contributed by atoms with Crippen LogP contribution in [-0.2, 0) is 17.9 Å². The first-order valence-corrected chi connectivity index (χ1v) is 10.5. The fourth-order valence-corrected chi connectivity index (χ4v) is 3.94. The number of carbonyl (C=O) groups excluding carboxylic acids is 1. The van der Waals surface area contributed by atoms with Crippen molar-refractivity contribution in [2.24, 2.45) is 0 Å². The van der Waals surface area contributed by atoms with E-state index in [4.69, 9.17) is 5.10 Å². The molecule has 0 spiro atoms. The van der Waals surface area contributed by atoms with Crippen LogP contribution in [0, 0.1) is 17.0 Å². The summed E-state index contributed by atoms with van der Waals surface area (Å²) in [6, 6.07) is 18.2. The van der Waals surface area contributed by atoms with Gasteiger partial charge in [0.2, 0.25) is 5.91 Å². The molecule has 0 radical (unpaired) electrons. The highest BCUT2D eigenvalue weighted by molar-refractivity contribution is 5.92. The zero-order valence-corrected chi connectivity index (χ0v) is 18.0. The number of carbonyl (C=O) groups is 1. The van der Waals surface area contributed by atoms with Gasteiger partial charge < -0.3 is 9.47 Å². The first-order valence-electron chi connectivity index (χ1n) is 10.5. The number of benzene rings is 2. The number of aromatic nitrogens is 3. The molecule has 0 fully saturated rings. The van der Waals surface area contributed by atoms with E-state index >= 15 is 0 Å². The molecule has 3 heterocycles. The van der Waals surface area contributed by atoms with Crippen LogP contribution in [0.1, 0.15) is 22.4 Å². The Balaban J connectivity index is 1.39. The minimum atomic E-state index is -0.446. The molecular weight excluding hydrogens is 418 g/mol. The summed E-state index contributed by atoms with van der Waals surface area (Å²) in [5.41, 5.74) is 4.78. The van der Waals surface area contributed by atoms with Crippen molar-refractivity contribution >= 4 is 17.7 Å². The monoisotopic (exact) mass is 439 g/mol. The summed E-state index contributed by atoms with van der Waals surface area (Å²) >= 11 is 0. The maximum Gasteiger partial charge on any atom is 0.269 e. The van der Waals surface area contributed by atoms with Crippen LogP contribution in [0.25, 0.3) is 17.6 Å². The first kappa shape index (κ1) is 20.4. The van der Waals surface area contributed by atoms with Crippen LogP contribution in [0.2, 0.25) is 0 Å². The van der Waals surface area contributed by atoms with Gasteiger partial charge in [-0.15, -0.1) is 0 Å². The van der Waals surface area contributed by atoms with Crippen LogP contribution < -0.4 is 0 Å². The van der Waals surface area contributed by atoms with Gasteiger partial charge in [0.1, 0.15) is 5.82 Å². The molecular formula is C25H21N5O3. The SMILES string of the molecule is Cc1ccc(-n2nc3c(c2-n2cccc2)CN(C(=O)C=Cc2ccc([N+](=O)[O-])cc2)C3)cc1. The predicted octanol–water partition coefficient (Wildman–Crippen LogP) is 4.44. The van der Waals surface area contributed by atoms with Crippen LogP contribution in [0.3, 0.4) is 0 Å². The summed E-state index contributed by atoms with van der Waals surface area (Å²) < 4.78 is 3.95. The minimum Gasteiger partial charge on any atom is -0.329 e. The highest BCUT2D eigenvalue weighted by atomic mass is 16.6. The van der Waals surface area contributed by atoms with Gasteiger partial charge in [0.25, 0.3) is 5.69 Å². The van der Waals surface area contributed by atoms with E-state index in [2.05, 4.69) is 12.1 Å². The highest BCUT2D eigenvalue weighted by Gasteiger charge is 2.30. The van der Waals surface area contributed by atoms with Crippen molar-refractivity contribution in [3.05, 3.63) is 112 Å². The molecule has 1 amide bonds. The summed E-state index contributed by atoms with van der Waals surface area (Å²) in [7, 11) is 0. The summed E-state index contributed by atoms with van der Waals surface area (Å²) in [6.07, 6.45) is 7.11. The number of aryl methyl sites for hydroxylation is 1. The Kier molecular flexibility index (Phi) is 5.10. The van der Waals surface area contributed by atoms with Crippen molar-refractivity contribution in [2.45, 2.75) is 20.0 Å². The topological polar surface area (TPSA) is 86.2 Å². The summed E-state index contributed by atoms with van der Waals surface area (Å²) in [4.78, 5) is 24.9. The number of nitro benzene ring substituents is 1. The highest BCUT2D eigenvalue weighted by Crippen LogP contribution is 2.30. The zero-order valence-electron chi connectivity index (χ0n) is 18.0. The summed E-state index contributed by atoms with van der Waals surface area (Å²) in [5.74, 6) is 0.792. The van der Waals surface area contributed by atoms with Gasteiger partial charge in [-0.05, 0) is 55.0 Å². The second-order valence-corrected chi connectivity index (χ2v) is 7.96. The van der Waals surface area contributed by atoms with Crippen LogP contribution >= 0.6 is 0 Å². The summed E-state index contributed by atoms with van der Waals surface area (Å²) in [6.45, 7) is 2.93. The number of amides is 1. The van der Waals surface area contributed by atoms with E-state index < -0.39 is 4.92 Å². The lowest BCUT2D eigenvalue weighted by molar-refractivity contribution is -0.384. The van der Waals surface area contributed by atoms with Crippen molar-refractivity contribution in [3.63, 3.8) is 0 Å². The van der Waals surface area contributed by atoms with Crippen molar-refractivity contribution in [1.82, 2.24) is 19.2 Å². The molecule has 0 aliphatic carbocycles. The number of fused-ring (bicyclic) bond motifs is 1. The Morgan fingerprint density at radius 3 is 2.39 bits per heavy atom. The molecule has 1 aliphatic rings. The van der Waals surface area contributed by atoms with Gasteiger partial charge in [-0.25, -0.2) is 4.68 Å². The molecule has 0 atom stereocenters. The van der Waals surface area contributed by atoms with Crippen LogP contribution in [0.5, 0.6) is 0 Å². The van der Waals surface area contributed by atoms with E-state index in [9.17, 15) is 14.9 Å². The van der Waals surface area contributed by atoms with E-state index in [0.29, 0.717) is 13.1 Å². The standard InChI is InChI=1S/C25H21N5O3/c1-18-4-9-20(10-5-18)29-25(27-14-2-3-15-27)22-16-28(17-23(22)26-29)24(31)13-8-19-6-11-21(12-7-19)30(32)33/h2-15H,16-17H2,1H3. The van der Waals surface area contributed by atoms with Crippen LogP contribution in [0.15, 0.2) is 79.1 Å². The molecule has 0 unspecified atom stereocenters. The van der Waals surface area contributed by atoms with Crippen molar-refractivity contribution in [3.8, 4) is 11.5 Å². The molecule has 5 rings (SSSR count). The number of rotatable bonds is 5. The maximum absolute atomic E-state index is 12.8. The van der Waals surface area contributed by atoms with Gasteiger partial charge in [-0.3, -0.25) is 14.9 Å². The molecule has 1 aliphatic heterocycles. The van der Waals surface area contributed by atoms with Gasteiger partial charge in [0, 0.05) is 36.2 Å². The average molecular weight is 439 g/mol. The lowest BCUT2D eigenvalue weighted by Crippen LogP contribution is -2.24. The largest absolute Gasteiger partial charge is 0.329 e. The van der Waals surface area contributed by atoms with Gasteiger partial charge in [0.15, 0.2) is 0 Å². The Morgan fingerprint density at radius 2 is 1.73 bits per heavy atom. The van der Waals surface area contributed by atoms with E-state index in [1.807, 2.05) is 52.8 Å². The number of hydrogen-bond donors (Lipinski definition) is 0. The molecule has 4 aromatic rings. The molecule has 0 saturated heterocycles. The Morgan fingerprint density at radius 1 is 1.03 bits per heavy atom. The molecule has 0 N–H and O–H groups in total. The quantitative estimate of drug-likeness (QED) is 0.261. The predicted molar refractivity (Wildman–Crippen MR) is 124 cm³/mol. The second kappa shape index (κ2) is 8.23. The van der Waals surface area contributed by atoms with Crippen molar-refractivity contribution in [2.75, 3.05) is 0 Å². The number of nitro groups is 1. The number of nitrogens with zero attached hydrogens (tertiary/aromatic N) is 5. The van der Waals surface area contributed by atoms with E-state index in [0.717, 1.165) is 28.3 Å². The lowest BCUT2D eigenvalue weighted by atomic mass is 10.2. The number of hydrogen-bond acceptors (Lipinski definition) is 4. The van der Waals surface area contributed by atoms with E-state index in [1.54, 1.807) is 23.1 Å². The molecule has 8 nitrogen and oxygen atoms in total. The third-order valence-electron chi connectivity index (χ3n) is 5.69. The fraction of sp³-hybridized carbons (Fsp3) is 0.120. The van der Waals surface area contributed by atoms with Gasteiger partial charge in [0.05, 0.1) is 29.4 Å². The van der Waals surface area contributed by atoms with Gasteiger partial charge >= 0.3 is 0 Å². The Labute approximate surface area is 190 Å². The summed E-state index contributed by atoms with van der Waals surface area (Å²) in [5, 5.41) is 15.6. The average Bonchev–Trinajstić information content (AvgIpc) is 3.54.